The first-order valence-corrected chi connectivity index (χ1v) is 18.4. The molecule has 1 saturated carbocycles. The summed E-state index contributed by atoms with van der Waals surface area (Å²) in [4.78, 5) is 32.0. The van der Waals surface area contributed by atoms with Gasteiger partial charge in [-0.15, -0.1) is 12.4 Å². The van der Waals surface area contributed by atoms with Gasteiger partial charge in [-0.25, -0.2) is 9.18 Å². The van der Waals surface area contributed by atoms with Crippen LogP contribution in [0, 0.1) is 5.82 Å². The molecule has 3 aromatic carbocycles. The number of ether oxygens (including phenoxy) is 3. The van der Waals surface area contributed by atoms with Gasteiger partial charge in [-0.1, -0.05) is 81.1 Å². The predicted molar refractivity (Wildman–Crippen MR) is 203 cm³/mol. The van der Waals surface area contributed by atoms with Gasteiger partial charge in [-0.2, -0.15) is 0 Å². The quantitative estimate of drug-likeness (QED) is 0.154. The smallest absolute Gasteiger partial charge is 0.411 e. The van der Waals surface area contributed by atoms with E-state index in [9.17, 15) is 14.0 Å². The number of carbonyl (C=O) groups excluding carboxylic acids is 2. The van der Waals surface area contributed by atoms with Crippen LogP contribution in [0.25, 0.3) is 5.57 Å². The van der Waals surface area contributed by atoms with Crippen molar-refractivity contribution in [2.75, 3.05) is 26.3 Å². The highest BCUT2D eigenvalue weighted by atomic mass is 79.9. The standard InChI is InChI=1S/C37H38BrCl3FN3O5.ClH/c1-36(2,37(39,40)41)50-35(47)45-27-19-30(23-7-13-28(14-8-23)48-17-18-49-29-15-9-25(38)10-16-29)33(32(45)21-43-20-27)34(46)44(26-11-12-26)22-24-5-3-4-6-31(24)42;/h3-10,13-16,26-27,32,43H,11-12,17-22H2,1-2H3;1H/t27?,32-;/m1./s1. The molecule has 2 bridgehead atoms. The molecule has 2 fully saturated rings. The highest BCUT2D eigenvalue weighted by molar-refractivity contribution is 9.10. The van der Waals surface area contributed by atoms with E-state index >= 15 is 0 Å². The van der Waals surface area contributed by atoms with Crippen molar-refractivity contribution in [3.05, 3.63) is 99.8 Å². The van der Waals surface area contributed by atoms with Crippen LogP contribution >= 0.6 is 63.1 Å². The minimum Gasteiger partial charge on any atom is -0.490 e. The minimum atomic E-state index is -1.89. The number of fused-ring (bicyclic) bond motifs is 2. The maximum Gasteiger partial charge on any atom is 0.411 e. The van der Waals surface area contributed by atoms with Gasteiger partial charge < -0.3 is 24.4 Å². The molecule has 8 nitrogen and oxygen atoms in total. The van der Waals surface area contributed by atoms with Crippen molar-refractivity contribution in [2.45, 2.75) is 67.2 Å². The number of alkyl halides is 3. The first-order valence-electron chi connectivity index (χ1n) is 16.5. The molecule has 2 heterocycles. The lowest BCUT2D eigenvalue weighted by molar-refractivity contribution is -0.129. The fourth-order valence-electron chi connectivity index (χ4n) is 6.27. The average molecular weight is 846 g/mol. The Morgan fingerprint density at radius 1 is 0.941 bits per heavy atom. The maximum atomic E-state index is 14.9. The summed E-state index contributed by atoms with van der Waals surface area (Å²) in [7, 11) is 0. The molecule has 1 saturated heterocycles. The van der Waals surface area contributed by atoms with Crippen molar-refractivity contribution in [1.29, 1.82) is 0 Å². The Hall–Kier alpha value is -2.73. The van der Waals surface area contributed by atoms with Gasteiger partial charge >= 0.3 is 6.09 Å². The number of hydrogen-bond donors (Lipinski definition) is 1. The lowest BCUT2D eigenvalue weighted by Gasteiger charge is -2.48. The summed E-state index contributed by atoms with van der Waals surface area (Å²) in [5.74, 6) is 0.775. The van der Waals surface area contributed by atoms with Crippen LogP contribution in [0.2, 0.25) is 0 Å². The van der Waals surface area contributed by atoms with Crippen molar-refractivity contribution >= 4 is 80.7 Å². The molecule has 1 unspecified atom stereocenters. The Morgan fingerprint density at radius 3 is 2.14 bits per heavy atom. The number of benzene rings is 3. The van der Waals surface area contributed by atoms with Gasteiger partial charge in [-0.3, -0.25) is 9.69 Å². The summed E-state index contributed by atoms with van der Waals surface area (Å²) >= 11 is 21.9. The minimum absolute atomic E-state index is 0. The van der Waals surface area contributed by atoms with Crippen molar-refractivity contribution in [2.24, 2.45) is 0 Å². The van der Waals surface area contributed by atoms with Crippen molar-refractivity contribution < 1.29 is 28.2 Å². The molecule has 1 aliphatic carbocycles. The molecule has 6 rings (SSSR count). The number of hydrogen-bond acceptors (Lipinski definition) is 6. The number of amides is 2. The molecule has 0 radical (unpaired) electrons. The molecule has 274 valence electrons. The van der Waals surface area contributed by atoms with Gasteiger partial charge in [0.05, 0.1) is 12.1 Å². The van der Waals surface area contributed by atoms with Crippen LogP contribution in [0.3, 0.4) is 0 Å². The summed E-state index contributed by atoms with van der Waals surface area (Å²) in [5, 5.41) is 3.39. The monoisotopic (exact) mass is 843 g/mol. The van der Waals surface area contributed by atoms with E-state index in [1.165, 1.54) is 19.9 Å². The molecule has 1 N–H and O–H groups in total. The molecule has 14 heteroatoms. The van der Waals surface area contributed by atoms with Crippen LogP contribution < -0.4 is 14.8 Å². The molecule has 2 aliphatic heterocycles. The maximum absolute atomic E-state index is 14.9. The third-order valence-electron chi connectivity index (χ3n) is 9.20. The second kappa shape index (κ2) is 16.5. The third-order valence-corrected chi connectivity index (χ3v) is 11.1. The summed E-state index contributed by atoms with van der Waals surface area (Å²) in [5.41, 5.74) is 1.09. The average Bonchev–Trinajstić information content (AvgIpc) is 3.91. The van der Waals surface area contributed by atoms with Crippen molar-refractivity contribution in [3.63, 3.8) is 0 Å². The molecule has 0 spiro atoms. The zero-order chi connectivity index (χ0) is 35.6. The number of carbonyl (C=O) groups is 2. The Balaban J connectivity index is 0.00000504. The lowest BCUT2D eigenvalue weighted by Crippen LogP contribution is -2.64. The fraction of sp³-hybridized carbons (Fsp3) is 0.405. The Bertz CT molecular complexity index is 1740. The van der Waals surface area contributed by atoms with E-state index in [0.29, 0.717) is 49.6 Å². The van der Waals surface area contributed by atoms with E-state index in [4.69, 9.17) is 49.0 Å². The van der Waals surface area contributed by atoms with E-state index < -0.39 is 21.5 Å². The second-order valence-corrected chi connectivity index (χ2v) is 16.3. The number of nitrogens with one attached hydrogen (secondary N) is 1. The lowest BCUT2D eigenvalue weighted by atomic mass is 9.82. The summed E-state index contributed by atoms with van der Waals surface area (Å²) in [6.45, 7) is 4.66. The third kappa shape index (κ3) is 9.26. The first-order chi connectivity index (χ1) is 23.8. The van der Waals surface area contributed by atoms with Crippen LogP contribution in [-0.2, 0) is 16.1 Å². The molecule has 3 aliphatic rings. The predicted octanol–water partition coefficient (Wildman–Crippen LogP) is 8.74. The van der Waals surface area contributed by atoms with Gasteiger partial charge in [0.15, 0.2) is 5.60 Å². The molecule has 2 atom stereocenters. The number of nitrogens with zero attached hydrogens (tertiary/aromatic N) is 2. The van der Waals surface area contributed by atoms with Gasteiger partial charge in [0, 0.05) is 41.3 Å². The van der Waals surface area contributed by atoms with Gasteiger partial charge in [0.2, 0.25) is 3.79 Å². The normalized spacial score (nSPS) is 18.8. The fourth-order valence-corrected chi connectivity index (χ4v) is 6.65. The van der Waals surface area contributed by atoms with E-state index in [2.05, 4.69) is 21.2 Å². The second-order valence-electron chi connectivity index (χ2n) is 13.1. The molecule has 0 aromatic heterocycles. The largest absolute Gasteiger partial charge is 0.490 e. The van der Waals surface area contributed by atoms with Crippen LogP contribution in [0.4, 0.5) is 9.18 Å². The van der Waals surface area contributed by atoms with Gasteiger partial charge in [0.25, 0.3) is 5.91 Å². The Kier molecular flexibility index (Phi) is 12.8. The van der Waals surface area contributed by atoms with E-state index in [0.717, 1.165) is 34.2 Å². The number of rotatable bonds is 11. The van der Waals surface area contributed by atoms with Crippen molar-refractivity contribution in [3.8, 4) is 11.5 Å². The van der Waals surface area contributed by atoms with Crippen molar-refractivity contribution in [1.82, 2.24) is 15.1 Å². The summed E-state index contributed by atoms with van der Waals surface area (Å²) in [6.07, 6.45) is 1.32. The topological polar surface area (TPSA) is 80.3 Å². The zero-order valence-corrected chi connectivity index (χ0v) is 32.7. The van der Waals surface area contributed by atoms with Gasteiger partial charge in [0.1, 0.15) is 30.5 Å². The molecule has 2 amide bonds. The highest BCUT2D eigenvalue weighted by Crippen LogP contribution is 2.43. The van der Waals surface area contributed by atoms with Crippen LogP contribution in [0.5, 0.6) is 11.5 Å². The molecular weight excluding hydrogens is 807 g/mol. The highest BCUT2D eigenvalue weighted by Gasteiger charge is 2.50. The summed E-state index contributed by atoms with van der Waals surface area (Å²) in [6, 6.07) is 20.6. The van der Waals surface area contributed by atoms with Crippen LogP contribution in [-0.4, -0.2) is 75.6 Å². The SMILES string of the molecule is CC(C)(OC(=O)N1C2CNC[C@@H]1C(C(=O)N(Cc1ccccc1F)C1CC1)=C(c1ccc(OCCOc3ccc(Br)cc3)cc1)C2)C(Cl)(Cl)Cl.Cl. The van der Waals surface area contributed by atoms with E-state index in [1.54, 1.807) is 28.0 Å². The number of piperazine rings is 1. The summed E-state index contributed by atoms with van der Waals surface area (Å²) < 4.78 is 31.5. The Morgan fingerprint density at radius 2 is 1.55 bits per heavy atom. The van der Waals surface area contributed by atoms with Crippen LogP contribution in [0.1, 0.15) is 44.2 Å². The van der Waals surface area contributed by atoms with Crippen LogP contribution in [0.15, 0.2) is 82.8 Å². The Labute approximate surface area is 327 Å². The first kappa shape index (κ1) is 39.5. The number of halogens is 6. The van der Waals surface area contributed by atoms with E-state index in [-0.39, 0.29) is 42.8 Å². The van der Waals surface area contributed by atoms with Gasteiger partial charge in [-0.05, 0) is 86.7 Å². The molecular formula is C37H39BrCl4FN3O5. The van der Waals surface area contributed by atoms with E-state index in [1.807, 2.05) is 48.5 Å². The molecule has 51 heavy (non-hydrogen) atoms. The molecule has 3 aromatic rings. The zero-order valence-electron chi connectivity index (χ0n) is 28.1.